The van der Waals surface area contributed by atoms with E-state index in [1.165, 1.54) is 6.07 Å². The largest absolute Gasteiger partial charge is 0.433 e. The smallest absolute Gasteiger partial charge is 0.404 e. The molecule has 0 spiro atoms. The van der Waals surface area contributed by atoms with Crippen LogP contribution in [0, 0.1) is 10.1 Å². The fourth-order valence-electron chi connectivity index (χ4n) is 1.85. The van der Waals surface area contributed by atoms with E-state index in [0.29, 0.717) is 12.3 Å². The number of nitro groups is 1. The van der Waals surface area contributed by atoms with Gasteiger partial charge in [0.05, 0.1) is 30.0 Å². The summed E-state index contributed by atoms with van der Waals surface area (Å²) in [7, 11) is 0. The van der Waals surface area contributed by atoms with Crippen molar-refractivity contribution in [3.05, 3.63) is 58.6 Å². The number of imidazole rings is 1. The number of rotatable bonds is 3. The van der Waals surface area contributed by atoms with Crippen LogP contribution in [0.3, 0.4) is 0 Å². The zero-order valence-electron chi connectivity index (χ0n) is 9.31. The number of hydrogen-bond donors (Lipinski definition) is 0. The Labute approximate surface area is 102 Å². The summed E-state index contributed by atoms with van der Waals surface area (Å²) in [6.45, 7) is 0.425. The van der Waals surface area contributed by atoms with Crippen LogP contribution >= 0.6 is 0 Å². The maximum Gasteiger partial charge on any atom is 0.433 e. The molecule has 90 valence electrons. The van der Waals surface area contributed by atoms with Crippen molar-refractivity contribution in [1.29, 1.82) is 0 Å². The van der Waals surface area contributed by atoms with Crippen molar-refractivity contribution in [2.45, 2.75) is 6.54 Å². The van der Waals surface area contributed by atoms with E-state index in [4.69, 9.17) is 4.42 Å². The summed E-state index contributed by atoms with van der Waals surface area (Å²) >= 11 is 0. The minimum absolute atomic E-state index is 0.241. The Morgan fingerprint density at radius 1 is 1.28 bits per heavy atom. The van der Waals surface area contributed by atoms with Gasteiger partial charge in [0, 0.05) is 0 Å². The van der Waals surface area contributed by atoms with E-state index in [0.717, 1.165) is 11.0 Å². The minimum atomic E-state index is -0.546. The van der Waals surface area contributed by atoms with Crippen LogP contribution in [0.1, 0.15) is 5.76 Å². The molecular weight excluding hydrogens is 234 g/mol. The van der Waals surface area contributed by atoms with Gasteiger partial charge in [-0.15, -0.1) is 0 Å². The monoisotopic (exact) mass is 243 g/mol. The average molecular weight is 243 g/mol. The number of hydrogen-bond acceptors (Lipinski definition) is 4. The van der Waals surface area contributed by atoms with Gasteiger partial charge in [0.2, 0.25) is 0 Å². The standard InChI is InChI=1S/C12H9N3O3/c16-15(17)12-6-5-9(18-12)7-14-8-13-10-3-1-2-4-11(10)14/h1-6,8H,7H2. The second kappa shape index (κ2) is 3.99. The quantitative estimate of drug-likeness (QED) is 0.523. The van der Waals surface area contributed by atoms with Crippen LogP contribution < -0.4 is 0 Å². The molecule has 3 rings (SSSR count). The van der Waals surface area contributed by atoms with Crippen LogP contribution in [0.4, 0.5) is 5.88 Å². The molecule has 6 heteroatoms. The number of aromatic nitrogens is 2. The van der Waals surface area contributed by atoms with Crippen molar-refractivity contribution in [3.63, 3.8) is 0 Å². The molecule has 2 aromatic heterocycles. The van der Waals surface area contributed by atoms with Crippen molar-refractivity contribution in [2.75, 3.05) is 0 Å². The molecule has 0 aliphatic heterocycles. The predicted molar refractivity (Wildman–Crippen MR) is 64.2 cm³/mol. The van der Waals surface area contributed by atoms with E-state index in [9.17, 15) is 10.1 Å². The van der Waals surface area contributed by atoms with Gasteiger partial charge in [-0.2, -0.15) is 0 Å². The molecule has 1 aromatic carbocycles. The molecular formula is C12H9N3O3. The molecule has 3 aromatic rings. The SMILES string of the molecule is O=[N+]([O-])c1ccc(Cn2cnc3ccccc32)o1. The van der Waals surface area contributed by atoms with Gasteiger partial charge in [-0.05, 0) is 18.2 Å². The third kappa shape index (κ3) is 1.73. The van der Waals surface area contributed by atoms with Gasteiger partial charge in [-0.25, -0.2) is 4.98 Å². The highest BCUT2D eigenvalue weighted by atomic mass is 16.6. The Bertz CT molecular complexity index is 714. The second-order valence-electron chi connectivity index (χ2n) is 3.86. The van der Waals surface area contributed by atoms with E-state index in [-0.39, 0.29) is 5.88 Å². The van der Waals surface area contributed by atoms with E-state index in [1.807, 2.05) is 28.8 Å². The fraction of sp³-hybridized carbons (Fsp3) is 0.0833. The van der Waals surface area contributed by atoms with Crippen molar-refractivity contribution in [1.82, 2.24) is 9.55 Å². The van der Waals surface area contributed by atoms with E-state index in [2.05, 4.69) is 4.98 Å². The normalized spacial score (nSPS) is 10.9. The maximum atomic E-state index is 10.5. The second-order valence-corrected chi connectivity index (χ2v) is 3.86. The van der Waals surface area contributed by atoms with Crippen LogP contribution in [0.2, 0.25) is 0 Å². The fourth-order valence-corrected chi connectivity index (χ4v) is 1.85. The van der Waals surface area contributed by atoms with Gasteiger partial charge in [0.1, 0.15) is 10.7 Å². The molecule has 18 heavy (non-hydrogen) atoms. The Balaban J connectivity index is 1.93. The molecule has 0 saturated heterocycles. The molecule has 2 heterocycles. The first-order valence-electron chi connectivity index (χ1n) is 5.37. The first-order chi connectivity index (χ1) is 8.74. The maximum absolute atomic E-state index is 10.5. The summed E-state index contributed by atoms with van der Waals surface area (Å²) in [4.78, 5) is 14.2. The highest BCUT2D eigenvalue weighted by Crippen LogP contribution is 2.19. The number of furan rings is 1. The van der Waals surface area contributed by atoms with Crippen LogP contribution in [0.15, 0.2) is 47.1 Å². The summed E-state index contributed by atoms with van der Waals surface area (Å²) in [5, 5.41) is 10.5. The topological polar surface area (TPSA) is 74.1 Å². The number of fused-ring (bicyclic) bond motifs is 1. The number of benzene rings is 1. The number of para-hydroxylation sites is 2. The van der Waals surface area contributed by atoms with Crippen molar-refractivity contribution < 1.29 is 9.34 Å². The Kier molecular flexibility index (Phi) is 2.33. The number of nitrogens with zero attached hydrogens (tertiary/aromatic N) is 3. The zero-order chi connectivity index (χ0) is 12.5. The first kappa shape index (κ1) is 10.5. The first-order valence-corrected chi connectivity index (χ1v) is 5.37. The van der Waals surface area contributed by atoms with Crippen molar-refractivity contribution in [3.8, 4) is 0 Å². The van der Waals surface area contributed by atoms with Gasteiger partial charge in [0.25, 0.3) is 0 Å². The molecule has 0 fully saturated rings. The molecule has 0 unspecified atom stereocenters. The summed E-state index contributed by atoms with van der Waals surface area (Å²) in [6, 6.07) is 10.7. The highest BCUT2D eigenvalue weighted by Gasteiger charge is 2.12. The predicted octanol–water partition coefficient (Wildman–Crippen LogP) is 2.59. The molecule has 0 amide bonds. The molecule has 0 N–H and O–H groups in total. The summed E-state index contributed by atoms with van der Waals surface area (Å²) in [5.74, 6) is 0.291. The van der Waals surface area contributed by atoms with E-state index in [1.54, 1.807) is 12.4 Å². The van der Waals surface area contributed by atoms with E-state index >= 15 is 0 Å². The van der Waals surface area contributed by atoms with Gasteiger partial charge >= 0.3 is 5.88 Å². The van der Waals surface area contributed by atoms with Gasteiger partial charge in [-0.3, -0.25) is 10.1 Å². The Morgan fingerprint density at radius 2 is 2.11 bits per heavy atom. The lowest BCUT2D eigenvalue weighted by Gasteiger charge is -2.00. The third-order valence-corrected chi connectivity index (χ3v) is 2.68. The minimum Gasteiger partial charge on any atom is -0.404 e. The molecule has 0 radical (unpaired) electrons. The van der Waals surface area contributed by atoms with Gasteiger partial charge in [0.15, 0.2) is 0 Å². The molecule has 0 aliphatic rings. The summed E-state index contributed by atoms with van der Waals surface area (Å²) in [5.41, 5.74) is 1.86. The van der Waals surface area contributed by atoms with Gasteiger partial charge in [-0.1, -0.05) is 12.1 Å². The van der Waals surface area contributed by atoms with Crippen molar-refractivity contribution in [2.24, 2.45) is 0 Å². The van der Waals surface area contributed by atoms with Crippen LogP contribution in [-0.2, 0) is 6.54 Å². The Morgan fingerprint density at radius 3 is 2.89 bits per heavy atom. The summed E-state index contributed by atoms with van der Waals surface area (Å²) in [6.07, 6.45) is 1.69. The van der Waals surface area contributed by atoms with Crippen LogP contribution in [-0.4, -0.2) is 14.5 Å². The zero-order valence-corrected chi connectivity index (χ0v) is 9.31. The average Bonchev–Trinajstić information content (AvgIpc) is 2.98. The van der Waals surface area contributed by atoms with E-state index < -0.39 is 4.92 Å². The van der Waals surface area contributed by atoms with Crippen LogP contribution in [0.25, 0.3) is 11.0 Å². The summed E-state index contributed by atoms with van der Waals surface area (Å²) < 4.78 is 7.01. The lowest BCUT2D eigenvalue weighted by molar-refractivity contribution is -0.402. The molecule has 0 atom stereocenters. The molecule has 0 aliphatic carbocycles. The lowest BCUT2D eigenvalue weighted by Crippen LogP contribution is -1.96. The molecule has 0 bridgehead atoms. The molecule has 6 nitrogen and oxygen atoms in total. The third-order valence-electron chi connectivity index (χ3n) is 2.68. The Hall–Kier alpha value is -2.63. The highest BCUT2D eigenvalue weighted by molar-refractivity contribution is 5.74. The molecule has 0 saturated carbocycles. The lowest BCUT2D eigenvalue weighted by atomic mass is 10.3. The van der Waals surface area contributed by atoms with Crippen molar-refractivity contribution >= 4 is 16.9 Å². The van der Waals surface area contributed by atoms with Gasteiger partial charge < -0.3 is 8.98 Å². The van der Waals surface area contributed by atoms with Crippen LogP contribution in [0.5, 0.6) is 0 Å².